The fraction of sp³-hybridized carbons (Fsp3) is 0.455. The number of anilines is 1. The van der Waals surface area contributed by atoms with Crippen molar-refractivity contribution in [1.29, 1.82) is 0 Å². The number of rotatable bonds is 3. The first-order chi connectivity index (χ1) is 7.82. The minimum Gasteiger partial charge on any atom is -0.399 e. The SMILES string of the molecule is Nc1cc(I)cc(CNC2(C(F)(F)F)CC2)c1. The zero-order chi connectivity index (χ0) is 12.7. The van der Waals surface area contributed by atoms with Crippen molar-refractivity contribution in [3.8, 4) is 0 Å². The smallest absolute Gasteiger partial charge is 0.399 e. The van der Waals surface area contributed by atoms with Gasteiger partial charge in [0, 0.05) is 15.8 Å². The molecule has 2 nitrogen and oxygen atoms in total. The number of hydrogen-bond acceptors (Lipinski definition) is 2. The molecule has 0 heterocycles. The summed E-state index contributed by atoms with van der Waals surface area (Å²) in [6.45, 7) is 0.195. The molecule has 0 aliphatic heterocycles. The molecule has 2 rings (SSSR count). The van der Waals surface area contributed by atoms with Crippen LogP contribution in [-0.4, -0.2) is 11.7 Å². The first-order valence-electron chi connectivity index (χ1n) is 5.19. The zero-order valence-electron chi connectivity index (χ0n) is 8.94. The maximum Gasteiger partial charge on any atom is 0.406 e. The molecule has 1 aromatic carbocycles. The highest BCUT2D eigenvalue weighted by Crippen LogP contribution is 2.49. The number of halogens is 4. The Hall–Kier alpha value is -0.500. The Bertz CT molecular complexity index is 407. The van der Waals surface area contributed by atoms with E-state index in [1.165, 1.54) is 0 Å². The van der Waals surface area contributed by atoms with Crippen molar-refractivity contribution in [3.05, 3.63) is 27.3 Å². The second-order valence-corrected chi connectivity index (χ2v) is 5.57. The summed E-state index contributed by atoms with van der Waals surface area (Å²) in [5, 5.41) is 2.60. The van der Waals surface area contributed by atoms with Gasteiger partial charge in [-0.05, 0) is 59.2 Å². The molecule has 17 heavy (non-hydrogen) atoms. The van der Waals surface area contributed by atoms with E-state index in [1.807, 2.05) is 6.07 Å². The standard InChI is InChI=1S/C11H12F3IN2/c12-11(13,14)10(1-2-10)17-6-7-3-8(15)5-9(16)4-7/h3-5,17H,1-2,6,16H2. The molecule has 1 aliphatic rings. The van der Waals surface area contributed by atoms with Gasteiger partial charge < -0.3 is 5.73 Å². The van der Waals surface area contributed by atoms with E-state index in [0.717, 1.165) is 9.13 Å². The largest absolute Gasteiger partial charge is 0.406 e. The number of alkyl halides is 3. The molecule has 1 saturated carbocycles. The first-order valence-corrected chi connectivity index (χ1v) is 6.27. The van der Waals surface area contributed by atoms with Gasteiger partial charge in [-0.3, -0.25) is 5.32 Å². The highest BCUT2D eigenvalue weighted by molar-refractivity contribution is 14.1. The molecular formula is C11H12F3IN2. The highest BCUT2D eigenvalue weighted by Gasteiger charge is 2.62. The van der Waals surface area contributed by atoms with Gasteiger partial charge in [-0.1, -0.05) is 0 Å². The topological polar surface area (TPSA) is 38.0 Å². The Labute approximate surface area is 111 Å². The molecule has 0 amide bonds. The van der Waals surface area contributed by atoms with Crippen LogP contribution in [-0.2, 0) is 6.54 Å². The number of benzene rings is 1. The minimum atomic E-state index is -4.17. The third-order valence-corrected chi connectivity index (χ3v) is 3.53. The average molecular weight is 356 g/mol. The fourth-order valence-corrected chi connectivity index (χ4v) is 2.49. The van der Waals surface area contributed by atoms with Gasteiger partial charge in [0.2, 0.25) is 0 Å². The van der Waals surface area contributed by atoms with Gasteiger partial charge in [0.1, 0.15) is 5.54 Å². The van der Waals surface area contributed by atoms with E-state index in [2.05, 4.69) is 27.9 Å². The van der Waals surface area contributed by atoms with Gasteiger partial charge in [-0.25, -0.2) is 0 Å². The lowest BCUT2D eigenvalue weighted by atomic mass is 10.1. The molecule has 3 N–H and O–H groups in total. The molecule has 0 atom stereocenters. The van der Waals surface area contributed by atoms with Crippen LogP contribution < -0.4 is 11.1 Å². The van der Waals surface area contributed by atoms with Crippen LogP contribution in [0.1, 0.15) is 18.4 Å². The van der Waals surface area contributed by atoms with E-state index >= 15 is 0 Å². The lowest BCUT2D eigenvalue weighted by Gasteiger charge is -2.20. The molecule has 1 aliphatic carbocycles. The summed E-state index contributed by atoms with van der Waals surface area (Å²) in [5.41, 5.74) is 5.34. The molecule has 6 heteroatoms. The molecule has 0 aromatic heterocycles. The normalized spacial score (nSPS) is 18.1. The number of nitrogens with two attached hydrogens (primary N) is 1. The van der Waals surface area contributed by atoms with Crippen LogP contribution in [0.5, 0.6) is 0 Å². The van der Waals surface area contributed by atoms with Crippen LogP contribution >= 0.6 is 22.6 Å². The van der Waals surface area contributed by atoms with Crippen molar-refractivity contribution in [2.75, 3.05) is 5.73 Å². The number of hydrogen-bond donors (Lipinski definition) is 2. The maximum atomic E-state index is 12.7. The lowest BCUT2D eigenvalue weighted by molar-refractivity contribution is -0.166. The van der Waals surface area contributed by atoms with Gasteiger partial charge >= 0.3 is 6.18 Å². The van der Waals surface area contributed by atoms with E-state index in [4.69, 9.17) is 5.73 Å². The average Bonchev–Trinajstić information content (AvgIpc) is 2.92. The second-order valence-electron chi connectivity index (χ2n) is 4.33. The molecule has 1 fully saturated rings. The van der Waals surface area contributed by atoms with Gasteiger partial charge in [-0.15, -0.1) is 0 Å². The predicted molar refractivity (Wildman–Crippen MR) is 68.4 cm³/mol. The summed E-state index contributed by atoms with van der Waals surface area (Å²) in [4.78, 5) is 0. The van der Waals surface area contributed by atoms with Crippen LogP contribution in [0.3, 0.4) is 0 Å². The van der Waals surface area contributed by atoms with Gasteiger partial charge in [0.15, 0.2) is 0 Å². The van der Waals surface area contributed by atoms with Crippen molar-refractivity contribution < 1.29 is 13.2 Å². The summed E-state index contributed by atoms with van der Waals surface area (Å²) in [7, 11) is 0. The Balaban J connectivity index is 2.03. The van der Waals surface area contributed by atoms with Crippen molar-refractivity contribution in [2.24, 2.45) is 0 Å². The molecule has 94 valence electrons. The Morgan fingerprint density at radius 1 is 1.29 bits per heavy atom. The van der Waals surface area contributed by atoms with Gasteiger partial charge in [-0.2, -0.15) is 13.2 Å². The monoisotopic (exact) mass is 356 g/mol. The summed E-state index contributed by atoms with van der Waals surface area (Å²) in [5.74, 6) is 0. The molecule has 0 spiro atoms. The third-order valence-electron chi connectivity index (χ3n) is 2.90. The molecule has 0 bridgehead atoms. The van der Waals surface area contributed by atoms with E-state index in [-0.39, 0.29) is 19.4 Å². The highest BCUT2D eigenvalue weighted by atomic mass is 127. The molecule has 1 aromatic rings. The van der Waals surface area contributed by atoms with Crippen molar-refractivity contribution in [2.45, 2.75) is 31.1 Å². The van der Waals surface area contributed by atoms with Gasteiger partial charge in [0.25, 0.3) is 0 Å². The van der Waals surface area contributed by atoms with Crippen LogP contribution in [0.15, 0.2) is 18.2 Å². The minimum absolute atomic E-state index is 0.163. The fourth-order valence-electron chi connectivity index (χ4n) is 1.73. The Morgan fingerprint density at radius 3 is 2.41 bits per heavy atom. The van der Waals surface area contributed by atoms with Crippen molar-refractivity contribution in [1.82, 2.24) is 5.32 Å². The van der Waals surface area contributed by atoms with Crippen LogP contribution in [0.2, 0.25) is 0 Å². The zero-order valence-corrected chi connectivity index (χ0v) is 11.1. The quantitative estimate of drug-likeness (QED) is 0.646. The Morgan fingerprint density at radius 2 is 1.94 bits per heavy atom. The van der Waals surface area contributed by atoms with Crippen molar-refractivity contribution >= 4 is 28.3 Å². The second kappa shape index (κ2) is 4.31. The third kappa shape index (κ3) is 2.85. The molecule has 0 unspecified atom stereocenters. The number of nitrogens with one attached hydrogen (secondary N) is 1. The van der Waals surface area contributed by atoms with Gasteiger partial charge in [0.05, 0.1) is 0 Å². The predicted octanol–water partition coefficient (Wildman–Crippen LogP) is 3.06. The van der Waals surface area contributed by atoms with E-state index in [1.54, 1.807) is 12.1 Å². The van der Waals surface area contributed by atoms with Crippen LogP contribution in [0.4, 0.5) is 18.9 Å². The molecule has 0 saturated heterocycles. The number of nitrogen functional groups attached to an aromatic ring is 1. The summed E-state index contributed by atoms with van der Waals surface area (Å²) in [6.07, 6.45) is -3.84. The maximum absolute atomic E-state index is 12.7. The first kappa shape index (κ1) is 12.9. The van der Waals surface area contributed by atoms with E-state index in [9.17, 15) is 13.2 Å². The van der Waals surface area contributed by atoms with Crippen molar-refractivity contribution in [3.63, 3.8) is 0 Å². The van der Waals surface area contributed by atoms with Crippen LogP contribution in [0.25, 0.3) is 0 Å². The summed E-state index contributed by atoms with van der Waals surface area (Å²) < 4.78 is 38.9. The summed E-state index contributed by atoms with van der Waals surface area (Å²) >= 11 is 2.09. The molecular weight excluding hydrogens is 344 g/mol. The Kier molecular flexibility index (Phi) is 3.28. The summed E-state index contributed by atoms with van der Waals surface area (Å²) in [6, 6.07) is 5.30. The van der Waals surface area contributed by atoms with Crippen LogP contribution in [0, 0.1) is 3.57 Å². The lowest BCUT2D eigenvalue weighted by Crippen LogP contribution is -2.44. The van der Waals surface area contributed by atoms with E-state index < -0.39 is 11.7 Å². The van der Waals surface area contributed by atoms with E-state index in [0.29, 0.717) is 5.69 Å². The molecule has 0 radical (unpaired) electrons.